The Morgan fingerprint density at radius 3 is 2.31 bits per heavy atom. The molecule has 3 nitrogen and oxygen atoms in total. The lowest BCUT2D eigenvalue weighted by molar-refractivity contribution is -0.145. The molecule has 0 aliphatic heterocycles. The van der Waals surface area contributed by atoms with Crippen molar-refractivity contribution in [2.24, 2.45) is 11.8 Å². The molecule has 0 radical (unpaired) electrons. The van der Waals surface area contributed by atoms with Gasteiger partial charge in [-0.1, -0.05) is 25.1 Å². The number of hydrogen-bond acceptors (Lipinski definition) is 3. The number of carbonyl (C=O) groups excluding carboxylic acids is 1. The zero-order valence-corrected chi connectivity index (χ0v) is 18.7. The van der Waals surface area contributed by atoms with Crippen LogP contribution in [-0.2, 0) is 16.0 Å². The van der Waals surface area contributed by atoms with Gasteiger partial charge >= 0.3 is 5.97 Å². The van der Waals surface area contributed by atoms with Crippen molar-refractivity contribution < 1.29 is 23.0 Å². The van der Waals surface area contributed by atoms with E-state index < -0.39 is 5.82 Å². The number of allylic oxidation sites excluding steroid dienone is 1. The van der Waals surface area contributed by atoms with Gasteiger partial charge in [0.2, 0.25) is 0 Å². The fourth-order valence-electron chi connectivity index (χ4n) is 4.09. The highest BCUT2D eigenvalue weighted by Gasteiger charge is 2.23. The summed E-state index contributed by atoms with van der Waals surface area (Å²) in [5.41, 5.74) is 1.26. The molecule has 1 aliphatic rings. The van der Waals surface area contributed by atoms with E-state index in [1.807, 2.05) is 0 Å². The Hall–Kier alpha value is -2.69. The molecule has 0 aromatic heterocycles. The van der Waals surface area contributed by atoms with Crippen molar-refractivity contribution in [3.05, 3.63) is 66.3 Å². The maximum Gasteiger partial charge on any atom is 0.306 e. The second-order valence-corrected chi connectivity index (χ2v) is 8.51. The van der Waals surface area contributed by atoms with Gasteiger partial charge in [-0.15, -0.1) is 6.58 Å². The molecule has 1 fully saturated rings. The SMILES string of the molecule is C=CCCC(=O)OCC1CCC(COc2ccc(-c3cc(F)c(CC)cc3F)cc2)CC1. The summed E-state index contributed by atoms with van der Waals surface area (Å²) in [5, 5.41) is 0. The number of ether oxygens (including phenoxy) is 2. The Bertz CT molecular complexity index is 900. The van der Waals surface area contributed by atoms with Crippen LogP contribution in [-0.4, -0.2) is 19.2 Å². The Balaban J connectivity index is 1.44. The van der Waals surface area contributed by atoms with Crippen molar-refractivity contribution in [3.8, 4) is 16.9 Å². The Labute approximate surface area is 189 Å². The molecule has 2 aromatic carbocycles. The molecular weight excluding hydrogens is 410 g/mol. The average molecular weight is 443 g/mol. The van der Waals surface area contributed by atoms with E-state index in [4.69, 9.17) is 9.47 Å². The highest BCUT2D eigenvalue weighted by molar-refractivity contribution is 5.69. The first-order valence-electron chi connectivity index (χ1n) is 11.5. The van der Waals surface area contributed by atoms with Crippen molar-refractivity contribution in [3.63, 3.8) is 0 Å². The van der Waals surface area contributed by atoms with Crippen LogP contribution in [0.2, 0.25) is 0 Å². The van der Waals surface area contributed by atoms with Gasteiger partial charge in [0.05, 0.1) is 13.2 Å². The molecule has 3 rings (SSSR count). The smallest absolute Gasteiger partial charge is 0.306 e. The number of hydrogen-bond donors (Lipinski definition) is 0. The van der Waals surface area contributed by atoms with Gasteiger partial charge < -0.3 is 9.47 Å². The van der Waals surface area contributed by atoms with E-state index in [0.29, 0.717) is 55.4 Å². The molecule has 0 spiro atoms. The minimum atomic E-state index is -0.417. The van der Waals surface area contributed by atoms with Crippen LogP contribution in [0.15, 0.2) is 49.1 Å². The first-order chi connectivity index (χ1) is 15.5. The predicted molar refractivity (Wildman–Crippen MR) is 123 cm³/mol. The molecule has 0 atom stereocenters. The van der Waals surface area contributed by atoms with Gasteiger partial charge in [0.15, 0.2) is 0 Å². The summed E-state index contributed by atoms with van der Waals surface area (Å²) < 4.78 is 39.7. The fraction of sp³-hybridized carbons (Fsp3) is 0.444. The third kappa shape index (κ3) is 6.65. The van der Waals surface area contributed by atoms with E-state index in [9.17, 15) is 13.6 Å². The lowest BCUT2D eigenvalue weighted by atomic mass is 9.83. The van der Waals surface area contributed by atoms with E-state index in [-0.39, 0.29) is 17.3 Å². The van der Waals surface area contributed by atoms with Crippen LogP contribution in [0.5, 0.6) is 5.75 Å². The van der Waals surface area contributed by atoms with Crippen LogP contribution in [0.25, 0.3) is 11.1 Å². The first kappa shape index (κ1) is 24.0. The molecule has 0 unspecified atom stereocenters. The van der Waals surface area contributed by atoms with Crippen molar-refractivity contribution in [1.82, 2.24) is 0 Å². The standard InChI is InChI=1S/C27H32F2O3/c1-3-5-6-27(30)32-18-20-9-7-19(8-10-20)17-31-23-13-11-22(12-14-23)24-16-25(28)21(4-2)15-26(24)29/h3,11-16,19-20H,1,4-10,17-18H2,2H3. The highest BCUT2D eigenvalue weighted by Crippen LogP contribution is 2.31. The second kappa shape index (κ2) is 11.8. The van der Waals surface area contributed by atoms with E-state index in [1.165, 1.54) is 12.1 Å². The largest absolute Gasteiger partial charge is 0.493 e. The molecule has 32 heavy (non-hydrogen) atoms. The summed E-state index contributed by atoms with van der Waals surface area (Å²) in [6.07, 6.45) is 7.38. The maximum atomic E-state index is 14.4. The average Bonchev–Trinajstić information content (AvgIpc) is 2.82. The van der Waals surface area contributed by atoms with Crippen molar-refractivity contribution in [1.29, 1.82) is 0 Å². The van der Waals surface area contributed by atoms with Crippen LogP contribution < -0.4 is 4.74 Å². The minimum Gasteiger partial charge on any atom is -0.493 e. The zero-order valence-electron chi connectivity index (χ0n) is 18.7. The van der Waals surface area contributed by atoms with Crippen LogP contribution in [0.3, 0.4) is 0 Å². The molecule has 0 N–H and O–H groups in total. The van der Waals surface area contributed by atoms with Gasteiger partial charge in [-0.05, 0) is 85.8 Å². The van der Waals surface area contributed by atoms with Crippen LogP contribution in [0.1, 0.15) is 51.0 Å². The zero-order chi connectivity index (χ0) is 22.9. The summed E-state index contributed by atoms with van der Waals surface area (Å²) in [7, 11) is 0. The minimum absolute atomic E-state index is 0.150. The first-order valence-corrected chi connectivity index (χ1v) is 11.5. The topological polar surface area (TPSA) is 35.5 Å². The molecule has 1 saturated carbocycles. The van der Waals surface area contributed by atoms with Crippen molar-refractivity contribution >= 4 is 5.97 Å². The lowest BCUT2D eigenvalue weighted by Gasteiger charge is -2.28. The van der Waals surface area contributed by atoms with Gasteiger partial charge in [0.1, 0.15) is 17.4 Å². The second-order valence-electron chi connectivity index (χ2n) is 8.51. The number of rotatable bonds is 10. The van der Waals surface area contributed by atoms with Crippen LogP contribution in [0.4, 0.5) is 8.78 Å². The van der Waals surface area contributed by atoms with Gasteiger partial charge in [0, 0.05) is 12.0 Å². The van der Waals surface area contributed by atoms with Crippen molar-refractivity contribution in [2.75, 3.05) is 13.2 Å². The predicted octanol–water partition coefficient (Wildman–Crippen LogP) is 6.89. The van der Waals surface area contributed by atoms with Gasteiger partial charge in [-0.25, -0.2) is 8.78 Å². The summed E-state index contributed by atoms with van der Waals surface area (Å²) in [6, 6.07) is 9.66. The van der Waals surface area contributed by atoms with E-state index in [2.05, 4.69) is 6.58 Å². The lowest BCUT2D eigenvalue weighted by Crippen LogP contribution is -2.23. The summed E-state index contributed by atoms with van der Waals surface area (Å²) >= 11 is 0. The molecule has 0 heterocycles. The van der Waals surface area contributed by atoms with E-state index >= 15 is 0 Å². The number of benzene rings is 2. The molecule has 0 amide bonds. The Morgan fingerprint density at radius 1 is 1.03 bits per heavy atom. The molecule has 5 heteroatoms. The van der Waals surface area contributed by atoms with E-state index in [0.717, 1.165) is 31.4 Å². The van der Waals surface area contributed by atoms with Gasteiger partial charge in [-0.2, -0.15) is 0 Å². The third-order valence-electron chi connectivity index (χ3n) is 6.17. The molecule has 172 valence electrons. The normalized spacial score (nSPS) is 18.2. The maximum absolute atomic E-state index is 14.4. The highest BCUT2D eigenvalue weighted by atomic mass is 19.1. The van der Waals surface area contributed by atoms with Gasteiger partial charge in [0.25, 0.3) is 0 Å². The number of esters is 1. The Kier molecular flexibility index (Phi) is 8.83. The molecule has 1 aliphatic carbocycles. The number of aryl methyl sites for hydroxylation is 1. The molecule has 0 bridgehead atoms. The van der Waals surface area contributed by atoms with E-state index in [1.54, 1.807) is 37.3 Å². The molecular formula is C27H32F2O3. The number of carbonyl (C=O) groups is 1. The number of halogens is 2. The summed E-state index contributed by atoms with van der Waals surface area (Å²) in [5.74, 6) is 0.662. The molecule has 2 aromatic rings. The fourth-order valence-corrected chi connectivity index (χ4v) is 4.09. The van der Waals surface area contributed by atoms with Gasteiger partial charge in [-0.3, -0.25) is 4.79 Å². The van der Waals surface area contributed by atoms with Crippen molar-refractivity contribution in [2.45, 2.75) is 51.9 Å². The quantitative estimate of drug-likeness (QED) is 0.297. The third-order valence-corrected chi connectivity index (χ3v) is 6.17. The summed E-state index contributed by atoms with van der Waals surface area (Å²) in [6.45, 7) is 6.54. The summed E-state index contributed by atoms with van der Waals surface area (Å²) in [4.78, 5) is 11.6. The monoisotopic (exact) mass is 442 g/mol. The van der Waals surface area contributed by atoms with Crippen LogP contribution in [0, 0.1) is 23.5 Å². The van der Waals surface area contributed by atoms with Crippen LogP contribution >= 0.6 is 0 Å². The Morgan fingerprint density at radius 2 is 1.69 bits per heavy atom. The molecule has 0 saturated heterocycles.